The van der Waals surface area contributed by atoms with Crippen LogP contribution in [0.4, 0.5) is 0 Å². The highest BCUT2D eigenvalue weighted by atomic mass is 32.1. The molecule has 0 unspecified atom stereocenters. The Hall–Kier alpha value is -1.92. The van der Waals surface area contributed by atoms with Gasteiger partial charge in [0.15, 0.2) is 5.11 Å². The summed E-state index contributed by atoms with van der Waals surface area (Å²) in [6.07, 6.45) is 1.86. The molecule has 0 spiro atoms. The van der Waals surface area contributed by atoms with E-state index in [4.69, 9.17) is 12.2 Å². The van der Waals surface area contributed by atoms with Crippen molar-refractivity contribution in [1.29, 1.82) is 0 Å². The SMILES string of the molecule is CCn1c(C)cc([C@@H]2[C@H](c3ccccn3)NC(=S)N2CCN(C)C)c1C. The maximum atomic E-state index is 5.72. The number of hydrogen-bond acceptors (Lipinski definition) is 3. The Labute approximate surface area is 162 Å². The van der Waals surface area contributed by atoms with Gasteiger partial charge in [-0.3, -0.25) is 4.98 Å². The molecular formula is C20H29N5S. The van der Waals surface area contributed by atoms with Crippen LogP contribution in [0.3, 0.4) is 0 Å². The number of thiocarbonyl (C=S) groups is 1. The number of aryl methyl sites for hydroxylation is 1. The molecule has 1 N–H and O–H groups in total. The predicted molar refractivity (Wildman–Crippen MR) is 110 cm³/mol. The van der Waals surface area contributed by atoms with Crippen LogP contribution in [-0.4, -0.2) is 51.6 Å². The Morgan fingerprint density at radius 1 is 1.27 bits per heavy atom. The first-order chi connectivity index (χ1) is 12.4. The molecule has 26 heavy (non-hydrogen) atoms. The summed E-state index contributed by atoms with van der Waals surface area (Å²) in [5, 5.41) is 4.35. The van der Waals surface area contributed by atoms with Gasteiger partial charge >= 0.3 is 0 Å². The summed E-state index contributed by atoms with van der Waals surface area (Å²) < 4.78 is 2.37. The number of nitrogens with zero attached hydrogens (tertiary/aromatic N) is 4. The highest BCUT2D eigenvalue weighted by Crippen LogP contribution is 2.40. The Morgan fingerprint density at radius 2 is 2.04 bits per heavy atom. The average Bonchev–Trinajstić information content (AvgIpc) is 3.09. The van der Waals surface area contributed by atoms with Crippen molar-refractivity contribution in [3.05, 3.63) is 53.1 Å². The van der Waals surface area contributed by atoms with Crippen LogP contribution in [0.25, 0.3) is 0 Å². The second kappa shape index (κ2) is 7.76. The van der Waals surface area contributed by atoms with Crippen molar-refractivity contribution in [2.75, 3.05) is 27.2 Å². The van der Waals surface area contributed by atoms with Crippen LogP contribution in [-0.2, 0) is 6.54 Å². The Morgan fingerprint density at radius 3 is 2.62 bits per heavy atom. The normalized spacial score (nSPS) is 20.1. The molecule has 0 amide bonds. The third-order valence-electron chi connectivity index (χ3n) is 5.23. The first-order valence-corrected chi connectivity index (χ1v) is 9.64. The summed E-state index contributed by atoms with van der Waals surface area (Å²) in [5.74, 6) is 0. The molecule has 2 aromatic rings. The van der Waals surface area contributed by atoms with Gasteiger partial charge in [-0.25, -0.2) is 0 Å². The van der Waals surface area contributed by atoms with E-state index in [1.165, 1.54) is 17.0 Å². The third kappa shape index (κ3) is 3.48. The first kappa shape index (κ1) is 18.9. The first-order valence-electron chi connectivity index (χ1n) is 9.23. The van der Waals surface area contributed by atoms with Crippen LogP contribution in [0.1, 0.15) is 41.7 Å². The van der Waals surface area contributed by atoms with Crippen LogP contribution >= 0.6 is 12.2 Å². The fourth-order valence-electron chi connectivity index (χ4n) is 3.91. The third-order valence-corrected chi connectivity index (χ3v) is 5.59. The number of pyridine rings is 1. The van der Waals surface area contributed by atoms with E-state index in [9.17, 15) is 0 Å². The van der Waals surface area contributed by atoms with E-state index in [0.717, 1.165) is 30.4 Å². The predicted octanol–water partition coefficient (Wildman–Crippen LogP) is 3.05. The van der Waals surface area contributed by atoms with Crippen molar-refractivity contribution < 1.29 is 0 Å². The number of likely N-dealkylation sites (N-methyl/N-ethyl adjacent to an activating group) is 1. The fourth-order valence-corrected chi connectivity index (χ4v) is 4.24. The Kier molecular flexibility index (Phi) is 5.63. The minimum atomic E-state index is 0.0664. The summed E-state index contributed by atoms with van der Waals surface area (Å²) in [5.41, 5.74) is 4.99. The molecule has 3 rings (SSSR count). The van der Waals surface area contributed by atoms with E-state index >= 15 is 0 Å². The monoisotopic (exact) mass is 371 g/mol. The lowest BCUT2D eigenvalue weighted by molar-refractivity contribution is 0.277. The minimum absolute atomic E-state index is 0.0664. The lowest BCUT2D eigenvalue weighted by Crippen LogP contribution is -2.35. The lowest BCUT2D eigenvalue weighted by Gasteiger charge is -2.29. The van der Waals surface area contributed by atoms with Gasteiger partial charge in [0, 0.05) is 37.2 Å². The van der Waals surface area contributed by atoms with Crippen LogP contribution < -0.4 is 5.32 Å². The fraction of sp³-hybridized carbons (Fsp3) is 0.500. The van der Waals surface area contributed by atoms with Gasteiger partial charge in [-0.15, -0.1) is 0 Å². The molecule has 1 fully saturated rings. The molecule has 1 aliphatic rings. The van der Waals surface area contributed by atoms with Gasteiger partial charge in [0.2, 0.25) is 0 Å². The van der Waals surface area contributed by atoms with Crippen molar-refractivity contribution >= 4 is 17.3 Å². The van der Waals surface area contributed by atoms with E-state index < -0.39 is 0 Å². The van der Waals surface area contributed by atoms with Crippen LogP contribution in [0.15, 0.2) is 30.5 Å². The molecule has 3 heterocycles. The van der Waals surface area contributed by atoms with Gasteiger partial charge < -0.3 is 19.7 Å². The maximum absolute atomic E-state index is 5.72. The zero-order valence-electron chi connectivity index (χ0n) is 16.4. The van der Waals surface area contributed by atoms with Gasteiger partial charge in [0.25, 0.3) is 0 Å². The quantitative estimate of drug-likeness (QED) is 0.790. The average molecular weight is 372 g/mol. The number of aromatic nitrogens is 2. The molecular weight excluding hydrogens is 342 g/mol. The molecule has 1 saturated heterocycles. The summed E-state index contributed by atoms with van der Waals surface area (Å²) in [6.45, 7) is 9.42. The maximum Gasteiger partial charge on any atom is 0.170 e. The van der Waals surface area contributed by atoms with Gasteiger partial charge in [-0.05, 0) is 70.8 Å². The molecule has 140 valence electrons. The van der Waals surface area contributed by atoms with Crippen LogP contribution in [0.5, 0.6) is 0 Å². The molecule has 0 saturated carbocycles. The number of nitrogens with one attached hydrogen (secondary N) is 1. The van der Waals surface area contributed by atoms with Crippen LogP contribution in [0.2, 0.25) is 0 Å². The minimum Gasteiger partial charge on any atom is -0.352 e. The topological polar surface area (TPSA) is 36.3 Å². The summed E-state index contributed by atoms with van der Waals surface area (Å²) in [6, 6.07) is 8.63. The van der Waals surface area contributed by atoms with Gasteiger partial charge in [0.05, 0.1) is 17.8 Å². The van der Waals surface area contributed by atoms with E-state index in [1.807, 2.05) is 18.3 Å². The smallest absolute Gasteiger partial charge is 0.170 e. The number of rotatable bonds is 6. The van der Waals surface area contributed by atoms with E-state index in [0.29, 0.717) is 0 Å². The van der Waals surface area contributed by atoms with Crippen molar-refractivity contribution in [1.82, 2.24) is 24.7 Å². The summed E-state index contributed by atoms with van der Waals surface area (Å²) in [4.78, 5) is 9.14. The zero-order chi connectivity index (χ0) is 18.8. The highest BCUT2D eigenvalue weighted by Gasteiger charge is 2.41. The van der Waals surface area contributed by atoms with Crippen molar-refractivity contribution in [3.8, 4) is 0 Å². The molecule has 6 heteroatoms. The van der Waals surface area contributed by atoms with Gasteiger partial charge in [0.1, 0.15) is 0 Å². The van der Waals surface area contributed by atoms with E-state index in [2.05, 4.69) is 71.7 Å². The summed E-state index contributed by atoms with van der Waals surface area (Å²) >= 11 is 5.72. The van der Waals surface area contributed by atoms with Crippen LogP contribution in [0, 0.1) is 13.8 Å². The molecule has 2 aromatic heterocycles. The van der Waals surface area contributed by atoms with E-state index in [1.54, 1.807) is 0 Å². The molecule has 0 radical (unpaired) electrons. The molecule has 0 aliphatic carbocycles. The number of hydrogen-bond donors (Lipinski definition) is 1. The Balaban J connectivity index is 2.04. The molecule has 5 nitrogen and oxygen atoms in total. The van der Waals surface area contributed by atoms with Crippen molar-refractivity contribution in [3.63, 3.8) is 0 Å². The lowest BCUT2D eigenvalue weighted by atomic mass is 9.97. The van der Waals surface area contributed by atoms with Crippen molar-refractivity contribution in [2.24, 2.45) is 0 Å². The molecule has 1 aliphatic heterocycles. The molecule has 0 bridgehead atoms. The van der Waals surface area contributed by atoms with E-state index in [-0.39, 0.29) is 12.1 Å². The zero-order valence-corrected chi connectivity index (χ0v) is 17.2. The largest absolute Gasteiger partial charge is 0.352 e. The second-order valence-corrected chi connectivity index (χ2v) is 7.58. The van der Waals surface area contributed by atoms with Gasteiger partial charge in [-0.2, -0.15) is 0 Å². The van der Waals surface area contributed by atoms with Crippen molar-refractivity contribution in [2.45, 2.75) is 39.4 Å². The second-order valence-electron chi connectivity index (χ2n) is 7.19. The standard InChI is InChI=1S/C20H29N5S/c1-6-24-14(2)13-16(15(24)3)19-18(17-9-7-8-10-21-17)22-20(26)25(19)12-11-23(4)5/h7-10,13,18-19H,6,11-12H2,1-5H3,(H,22,26)/t18-,19+/m0/s1. The van der Waals surface area contributed by atoms with Gasteiger partial charge in [-0.1, -0.05) is 6.07 Å². The molecule has 0 aromatic carbocycles. The molecule has 2 atom stereocenters. The Bertz CT molecular complexity index is 768. The summed E-state index contributed by atoms with van der Waals surface area (Å²) in [7, 11) is 4.20. The highest BCUT2D eigenvalue weighted by molar-refractivity contribution is 7.80.